The van der Waals surface area contributed by atoms with Gasteiger partial charge in [-0.05, 0) is 56.5 Å². The average Bonchev–Trinajstić information content (AvgIpc) is 3.29. The number of nitrogens with zero attached hydrogens (tertiary/aromatic N) is 2. The Bertz CT molecular complexity index is 1430. The van der Waals surface area contributed by atoms with E-state index in [4.69, 9.17) is 9.26 Å². The lowest BCUT2D eigenvalue weighted by atomic mass is 10.1. The van der Waals surface area contributed by atoms with Crippen molar-refractivity contribution in [2.24, 2.45) is 0 Å². The molecule has 0 bridgehead atoms. The van der Waals surface area contributed by atoms with E-state index in [0.29, 0.717) is 30.0 Å². The van der Waals surface area contributed by atoms with Gasteiger partial charge >= 0.3 is 0 Å². The van der Waals surface area contributed by atoms with Gasteiger partial charge in [-0.1, -0.05) is 23.2 Å². The van der Waals surface area contributed by atoms with Crippen LogP contribution in [0.2, 0.25) is 0 Å². The number of fused-ring (bicyclic) bond motifs is 1. The average molecular weight is 496 g/mol. The van der Waals surface area contributed by atoms with Crippen LogP contribution in [-0.2, 0) is 14.8 Å². The lowest BCUT2D eigenvalue weighted by Crippen LogP contribution is -2.29. The molecule has 1 amide bonds. The molecule has 0 saturated heterocycles. The minimum atomic E-state index is -4.04. The Morgan fingerprint density at radius 3 is 2.69 bits per heavy atom. The molecule has 0 saturated carbocycles. The number of aryl methyl sites for hydroxylation is 1. The van der Waals surface area contributed by atoms with Crippen LogP contribution in [0.15, 0.2) is 51.9 Å². The predicted octanol–water partition coefficient (Wildman–Crippen LogP) is 2.98. The molecule has 0 spiro atoms. The smallest absolute Gasteiger partial charge is 0.261 e. The van der Waals surface area contributed by atoms with Gasteiger partial charge in [-0.15, -0.1) is 0 Å². The lowest BCUT2D eigenvalue weighted by molar-refractivity contribution is 0.0147. The van der Waals surface area contributed by atoms with E-state index in [-0.39, 0.29) is 34.2 Å². The largest absolute Gasteiger partial charge is 0.385 e. The summed E-state index contributed by atoms with van der Waals surface area (Å²) in [6.07, 6.45) is -0.727. The van der Waals surface area contributed by atoms with Crippen LogP contribution in [0, 0.1) is 25.7 Å². The SMILES string of the molecule is COCCCN1C(=O)c2cccc(NS(=O)(=O)c3cccc(C#Cc4noc(C)c4C)c3)c2C1O. The van der Waals surface area contributed by atoms with Gasteiger partial charge in [-0.25, -0.2) is 8.42 Å². The molecule has 1 unspecified atom stereocenters. The highest BCUT2D eigenvalue weighted by molar-refractivity contribution is 7.92. The first-order valence-corrected chi connectivity index (χ1v) is 12.4. The van der Waals surface area contributed by atoms with Gasteiger partial charge in [0, 0.05) is 42.5 Å². The number of anilines is 1. The Kier molecular flexibility index (Phi) is 6.93. The molecule has 1 aliphatic heterocycles. The van der Waals surface area contributed by atoms with Crippen molar-refractivity contribution < 1.29 is 27.6 Å². The fraction of sp³-hybridized carbons (Fsp3) is 0.280. The molecule has 1 aliphatic rings. The lowest BCUT2D eigenvalue weighted by Gasteiger charge is -2.21. The Morgan fingerprint density at radius 2 is 1.97 bits per heavy atom. The normalized spacial score (nSPS) is 15.0. The van der Waals surface area contributed by atoms with Crippen molar-refractivity contribution in [3.8, 4) is 11.8 Å². The number of ether oxygens (including phenoxy) is 1. The minimum absolute atomic E-state index is 0.00859. The zero-order valence-electron chi connectivity index (χ0n) is 19.5. The molecule has 2 N–H and O–H groups in total. The highest BCUT2D eigenvalue weighted by atomic mass is 32.2. The summed E-state index contributed by atoms with van der Waals surface area (Å²) in [6, 6.07) is 10.8. The number of rotatable bonds is 7. The van der Waals surface area contributed by atoms with Crippen LogP contribution < -0.4 is 4.72 Å². The molecule has 1 aromatic heterocycles. The molecule has 10 heteroatoms. The first-order valence-electron chi connectivity index (χ1n) is 10.9. The molecule has 0 fully saturated rings. The summed E-state index contributed by atoms with van der Waals surface area (Å²) in [7, 11) is -2.48. The number of aliphatic hydroxyl groups excluding tert-OH is 1. The maximum absolute atomic E-state index is 13.2. The highest BCUT2D eigenvalue weighted by Crippen LogP contribution is 2.37. The van der Waals surface area contributed by atoms with Gasteiger partial charge < -0.3 is 19.3 Å². The van der Waals surface area contributed by atoms with Gasteiger partial charge in [-0.2, -0.15) is 0 Å². The molecule has 9 nitrogen and oxygen atoms in total. The van der Waals surface area contributed by atoms with Crippen molar-refractivity contribution in [1.29, 1.82) is 0 Å². The number of methoxy groups -OCH3 is 1. The van der Waals surface area contributed by atoms with Gasteiger partial charge in [0.15, 0.2) is 11.9 Å². The van der Waals surface area contributed by atoms with Crippen molar-refractivity contribution >= 4 is 21.6 Å². The number of carbonyl (C=O) groups excluding carboxylic acids is 1. The number of amides is 1. The Morgan fingerprint density at radius 1 is 1.20 bits per heavy atom. The van der Waals surface area contributed by atoms with Crippen LogP contribution in [-0.4, -0.2) is 49.7 Å². The monoisotopic (exact) mass is 495 g/mol. The second kappa shape index (κ2) is 9.92. The van der Waals surface area contributed by atoms with Crippen LogP contribution in [0.5, 0.6) is 0 Å². The second-order valence-electron chi connectivity index (χ2n) is 8.08. The Labute approximate surface area is 203 Å². The van der Waals surface area contributed by atoms with Gasteiger partial charge in [0.25, 0.3) is 15.9 Å². The summed E-state index contributed by atoms with van der Waals surface area (Å²) in [5.41, 5.74) is 2.42. The van der Waals surface area contributed by atoms with E-state index < -0.39 is 16.3 Å². The topological polar surface area (TPSA) is 122 Å². The number of nitrogens with one attached hydrogen (secondary N) is 1. The van der Waals surface area contributed by atoms with E-state index in [1.807, 2.05) is 6.92 Å². The summed E-state index contributed by atoms with van der Waals surface area (Å²) in [5.74, 6) is 6.11. The third-order valence-corrected chi connectivity index (χ3v) is 7.13. The van der Waals surface area contributed by atoms with Gasteiger partial charge in [0.1, 0.15) is 5.76 Å². The summed E-state index contributed by atoms with van der Waals surface area (Å²) in [4.78, 5) is 14.1. The molecule has 3 aromatic rings. The molecular formula is C25H25N3O6S. The number of aromatic nitrogens is 1. The van der Waals surface area contributed by atoms with Crippen molar-refractivity contribution in [3.63, 3.8) is 0 Å². The van der Waals surface area contributed by atoms with E-state index in [2.05, 4.69) is 21.7 Å². The van der Waals surface area contributed by atoms with Crippen molar-refractivity contribution in [2.45, 2.75) is 31.4 Å². The Balaban J connectivity index is 1.60. The number of carbonyl (C=O) groups is 1. The van der Waals surface area contributed by atoms with E-state index in [1.54, 1.807) is 38.3 Å². The molecule has 0 aliphatic carbocycles. The first-order chi connectivity index (χ1) is 16.7. The predicted molar refractivity (Wildman–Crippen MR) is 128 cm³/mol. The summed E-state index contributed by atoms with van der Waals surface area (Å²) < 4.78 is 39.0. The number of hydrogen-bond acceptors (Lipinski definition) is 7. The summed E-state index contributed by atoms with van der Waals surface area (Å²) in [5, 5.41) is 14.7. The molecule has 4 rings (SSSR count). The molecule has 0 radical (unpaired) electrons. The molecular weight excluding hydrogens is 470 g/mol. The second-order valence-corrected chi connectivity index (χ2v) is 9.76. The van der Waals surface area contributed by atoms with Crippen LogP contribution in [0.4, 0.5) is 5.69 Å². The van der Waals surface area contributed by atoms with E-state index in [1.165, 1.54) is 23.1 Å². The first kappa shape index (κ1) is 24.5. The van der Waals surface area contributed by atoms with Gasteiger partial charge in [-0.3, -0.25) is 9.52 Å². The quantitative estimate of drug-likeness (QED) is 0.382. The van der Waals surface area contributed by atoms with Crippen LogP contribution >= 0.6 is 0 Å². The van der Waals surface area contributed by atoms with Gasteiger partial charge in [0.2, 0.25) is 0 Å². The summed E-state index contributed by atoms with van der Waals surface area (Å²) >= 11 is 0. The standard InChI is InChI=1S/C25H25N3O6S/c1-16-17(2)34-26-21(16)12-11-18-7-4-8-19(15-18)35(31,32)27-22-10-5-9-20-23(22)25(30)28(24(20)29)13-6-14-33-3/h4-5,7-10,15,25,27,30H,6,13-14H2,1-3H3. The number of sulfonamides is 1. The molecule has 2 heterocycles. The van der Waals surface area contributed by atoms with Crippen LogP contribution in [0.1, 0.15) is 51.2 Å². The number of hydrogen-bond donors (Lipinski definition) is 2. The third-order valence-electron chi connectivity index (χ3n) is 5.77. The van der Waals surface area contributed by atoms with E-state index in [0.717, 1.165) is 5.56 Å². The fourth-order valence-corrected chi connectivity index (χ4v) is 4.88. The van der Waals surface area contributed by atoms with E-state index >= 15 is 0 Å². The maximum atomic E-state index is 13.2. The van der Waals surface area contributed by atoms with Crippen molar-refractivity contribution in [3.05, 3.63) is 76.2 Å². The van der Waals surface area contributed by atoms with Gasteiger partial charge in [0.05, 0.1) is 10.6 Å². The van der Waals surface area contributed by atoms with Crippen LogP contribution in [0.25, 0.3) is 0 Å². The molecule has 35 heavy (non-hydrogen) atoms. The zero-order chi connectivity index (χ0) is 25.2. The summed E-state index contributed by atoms with van der Waals surface area (Å²) in [6.45, 7) is 4.34. The molecule has 1 atom stereocenters. The zero-order valence-corrected chi connectivity index (χ0v) is 20.3. The van der Waals surface area contributed by atoms with Crippen molar-refractivity contribution in [2.75, 3.05) is 25.0 Å². The Hall–Kier alpha value is -3.65. The number of aliphatic hydroxyl groups is 1. The molecule has 2 aromatic carbocycles. The fourth-order valence-electron chi connectivity index (χ4n) is 3.75. The third kappa shape index (κ3) is 4.93. The molecule has 182 valence electrons. The van der Waals surface area contributed by atoms with Crippen molar-refractivity contribution in [1.82, 2.24) is 10.1 Å². The highest BCUT2D eigenvalue weighted by Gasteiger charge is 2.37. The maximum Gasteiger partial charge on any atom is 0.261 e. The minimum Gasteiger partial charge on any atom is -0.385 e. The van der Waals surface area contributed by atoms with E-state index in [9.17, 15) is 18.3 Å². The van der Waals surface area contributed by atoms with Crippen LogP contribution in [0.3, 0.4) is 0 Å². The number of benzene rings is 2.